The van der Waals surface area contributed by atoms with Crippen LogP contribution in [0, 0.1) is 0 Å². The lowest BCUT2D eigenvalue weighted by Crippen LogP contribution is -2.49. The summed E-state index contributed by atoms with van der Waals surface area (Å²) in [6, 6.07) is 11.7. The third-order valence-corrected chi connectivity index (χ3v) is 7.75. The van der Waals surface area contributed by atoms with Gasteiger partial charge < -0.3 is 19.4 Å². The zero-order valence-corrected chi connectivity index (χ0v) is 23.3. The van der Waals surface area contributed by atoms with E-state index in [1.807, 2.05) is 23.3 Å². The van der Waals surface area contributed by atoms with E-state index in [1.165, 1.54) is 17.3 Å². The lowest BCUT2D eigenvalue weighted by molar-refractivity contribution is -0.138. The topological polar surface area (TPSA) is 108 Å². The molecule has 10 nitrogen and oxygen atoms in total. The third-order valence-electron chi connectivity index (χ3n) is 7.53. The second-order valence-corrected chi connectivity index (χ2v) is 10.6. The minimum absolute atomic E-state index is 0.0623. The van der Waals surface area contributed by atoms with Crippen LogP contribution >= 0.6 is 11.6 Å². The minimum Gasteiger partial charge on any atom is -0.489 e. The first-order chi connectivity index (χ1) is 20.7. The Balaban J connectivity index is 1.17. The predicted octanol–water partition coefficient (Wildman–Crippen LogP) is 4.33. The van der Waals surface area contributed by atoms with Crippen molar-refractivity contribution in [2.45, 2.75) is 18.8 Å². The van der Waals surface area contributed by atoms with Crippen molar-refractivity contribution in [3.05, 3.63) is 105 Å². The second-order valence-electron chi connectivity index (χ2n) is 10.1. The number of hydrogen-bond donors (Lipinski definition) is 1. The van der Waals surface area contributed by atoms with Gasteiger partial charge in [0.25, 0.3) is 11.5 Å². The third kappa shape index (κ3) is 5.85. The van der Waals surface area contributed by atoms with E-state index < -0.39 is 23.3 Å². The molecule has 1 fully saturated rings. The number of H-pyrrole nitrogens is 1. The van der Waals surface area contributed by atoms with E-state index in [2.05, 4.69) is 20.0 Å². The fourth-order valence-corrected chi connectivity index (χ4v) is 5.56. The molecule has 1 N–H and O–H groups in total. The number of nitrogens with zero attached hydrogens (tertiary/aromatic N) is 6. The maximum absolute atomic E-state index is 13.9. The number of carbonyl (C=O) groups excluding carboxylic acids is 1. The highest BCUT2D eigenvalue weighted by atomic mass is 35.5. The van der Waals surface area contributed by atoms with Crippen LogP contribution in [-0.2, 0) is 12.7 Å². The molecule has 0 spiro atoms. The number of rotatable bonds is 6. The normalized spacial score (nSPS) is 16.7. The summed E-state index contributed by atoms with van der Waals surface area (Å²) in [5, 5.41) is 6.07. The quantitative estimate of drug-likeness (QED) is 0.343. The lowest BCUT2D eigenvalue weighted by atomic mass is 10.1. The number of benzene rings is 1. The molecule has 0 bridgehead atoms. The van der Waals surface area contributed by atoms with E-state index in [-0.39, 0.29) is 24.7 Å². The zero-order valence-electron chi connectivity index (χ0n) is 22.6. The van der Waals surface area contributed by atoms with E-state index in [4.69, 9.17) is 16.3 Å². The van der Waals surface area contributed by atoms with Crippen LogP contribution in [0.4, 0.5) is 24.7 Å². The molecule has 2 aliphatic rings. The highest BCUT2D eigenvalue weighted by Crippen LogP contribution is 2.42. The predicted molar refractivity (Wildman–Crippen MR) is 152 cm³/mol. The van der Waals surface area contributed by atoms with Crippen molar-refractivity contribution in [2.24, 2.45) is 0 Å². The Morgan fingerprint density at radius 1 is 1.05 bits per heavy atom. The number of aromatic amines is 1. The Bertz CT molecular complexity index is 1690. The van der Waals surface area contributed by atoms with Gasteiger partial charge in [-0.25, -0.2) is 10.1 Å². The molecule has 6 rings (SSSR count). The monoisotopic (exact) mass is 611 g/mol. The van der Waals surface area contributed by atoms with Gasteiger partial charge in [0.05, 0.1) is 34.7 Å². The molecule has 0 aliphatic carbocycles. The molecule has 4 aromatic rings. The number of piperazine rings is 1. The molecule has 1 amide bonds. The van der Waals surface area contributed by atoms with Crippen LogP contribution in [0.3, 0.4) is 0 Å². The Labute approximate surface area is 248 Å². The van der Waals surface area contributed by atoms with Crippen LogP contribution in [-0.4, -0.2) is 63.8 Å². The van der Waals surface area contributed by atoms with Gasteiger partial charge in [-0.1, -0.05) is 35.9 Å². The number of nitrogens with one attached hydrogen (secondary N) is 1. The van der Waals surface area contributed by atoms with Gasteiger partial charge >= 0.3 is 6.18 Å². The molecule has 0 saturated carbocycles. The van der Waals surface area contributed by atoms with Gasteiger partial charge in [-0.3, -0.25) is 14.6 Å². The summed E-state index contributed by atoms with van der Waals surface area (Å²) in [5.74, 6) is 0.868. The number of pyridine rings is 2. The van der Waals surface area contributed by atoms with Crippen molar-refractivity contribution in [3.63, 3.8) is 0 Å². The van der Waals surface area contributed by atoms with Crippen molar-refractivity contribution >= 4 is 29.0 Å². The number of amides is 1. The Morgan fingerprint density at radius 2 is 1.84 bits per heavy atom. The summed E-state index contributed by atoms with van der Waals surface area (Å²) in [6.45, 7) is 2.22. The van der Waals surface area contributed by atoms with E-state index in [9.17, 15) is 22.8 Å². The second kappa shape index (κ2) is 11.6. The largest absolute Gasteiger partial charge is 0.489 e. The lowest BCUT2D eigenvalue weighted by Gasteiger charge is -2.35. The van der Waals surface area contributed by atoms with Crippen molar-refractivity contribution in [2.75, 3.05) is 42.6 Å². The van der Waals surface area contributed by atoms with Crippen LogP contribution in [0.5, 0.6) is 5.75 Å². The van der Waals surface area contributed by atoms with Crippen LogP contribution < -0.4 is 20.1 Å². The SMILES string of the molecule is O=C(c1cncc(OC[C@@H]2c3ccccc3CN2c2cn[nH]c(=O)c2C(F)(F)F)c1)N1CCN(c2ccc(Cl)cn2)CC1. The van der Waals surface area contributed by atoms with Gasteiger partial charge in [0.2, 0.25) is 0 Å². The van der Waals surface area contributed by atoms with Crippen LogP contribution in [0.2, 0.25) is 5.02 Å². The van der Waals surface area contributed by atoms with Crippen LogP contribution in [0.1, 0.15) is 33.1 Å². The van der Waals surface area contributed by atoms with Crippen molar-refractivity contribution in [1.82, 2.24) is 25.1 Å². The minimum atomic E-state index is -4.89. The first-order valence-corrected chi connectivity index (χ1v) is 13.8. The van der Waals surface area contributed by atoms with E-state index >= 15 is 0 Å². The maximum atomic E-state index is 13.9. The highest BCUT2D eigenvalue weighted by Gasteiger charge is 2.42. The number of aromatic nitrogens is 4. The summed E-state index contributed by atoms with van der Waals surface area (Å²) in [5.41, 5.74) is -1.07. The number of carbonyl (C=O) groups is 1. The number of hydrogen-bond acceptors (Lipinski definition) is 8. The highest BCUT2D eigenvalue weighted by molar-refractivity contribution is 6.30. The van der Waals surface area contributed by atoms with Gasteiger partial charge in [0.15, 0.2) is 0 Å². The average Bonchev–Trinajstić information content (AvgIpc) is 3.38. The van der Waals surface area contributed by atoms with Gasteiger partial charge in [0.1, 0.15) is 23.7 Å². The standard InChI is InChI=1S/C29H25ClF3N7O3/c30-20-5-6-25(35-13-20)38-7-9-39(10-8-38)28(42)19-11-21(14-34-12-19)43-17-24-22-4-2-1-3-18(22)16-40(24)23-15-36-37-27(41)26(23)29(31,32)33/h1-6,11-15,24H,7-10,16-17H2,(H,37,41)/t24-/m1/s1. The Hall–Kier alpha value is -4.65. The molecule has 2 aliphatic heterocycles. The molecule has 1 saturated heterocycles. The smallest absolute Gasteiger partial charge is 0.423 e. The summed E-state index contributed by atoms with van der Waals surface area (Å²) >= 11 is 5.93. The van der Waals surface area contributed by atoms with Gasteiger partial charge in [0, 0.05) is 45.1 Å². The van der Waals surface area contributed by atoms with Gasteiger partial charge in [-0.2, -0.15) is 18.3 Å². The first-order valence-electron chi connectivity index (χ1n) is 13.4. The molecule has 0 unspecified atom stereocenters. The van der Waals surface area contributed by atoms with E-state index in [0.29, 0.717) is 42.5 Å². The molecule has 1 atom stereocenters. The van der Waals surface area contributed by atoms with Crippen molar-refractivity contribution < 1.29 is 22.7 Å². The van der Waals surface area contributed by atoms with Crippen molar-refractivity contribution in [3.8, 4) is 5.75 Å². The van der Waals surface area contributed by atoms with E-state index in [1.54, 1.807) is 35.4 Å². The average molecular weight is 612 g/mol. The molecular formula is C29H25ClF3N7O3. The van der Waals surface area contributed by atoms with E-state index in [0.717, 1.165) is 23.1 Å². The molecule has 1 aromatic carbocycles. The maximum Gasteiger partial charge on any atom is 0.423 e. The van der Waals surface area contributed by atoms with Crippen molar-refractivity contribution in [1.29, 1.82) is 0 Å². The fourth-order valence-electron chi connectivity index (χ4n) is 5.44. The Morgan fingerprint density at radius 3 is 2.58 bits per heavy atom. The zero-order chi connectivity index (χ0) is 30.1. The summed E-state index contributed by atoms with van der Waals surface area (Å²) < 4.78 is 47.7. The number of fused-ring (bicyclic) bond motifs is 1. The fraction of sp³-hybridized carbons (Fsp3) is 0.276. The summed E-state index contributed by atoms with van der Waals surface area (Å²) in [4.78, 5) is 39.2. The molecule has 3 aromatic heterocycles. The molecule has 222 valence electrons. The molecular weight excluding hydrogens is 587 g/mol. The van der Waals surface area contributed by atoms with Gasteiger partial charge in [-0.05, 0) is 29.3 Å². The first kappa shape index (κ1) is 28.5. The van der Waals surface area contributed by atoms with Crippen LogP contribution in [0.25, 0.3) is 0 Å². The van der Waals surface area contributed by atoms with Gasteiger partial charge in [-0.15, -0.1) is 0 Å². The molecule has 0 radical (unpaired) electrons. The molecule has 5 heterocycles. The molecule has 43 heavy (non-hydrogen) atoms. The summed E-state index contributed by atoms with van der Waals surface area (Å²) in [7, 11) is 0. The van der Waals surface area contributed by atoms with Crippen LogP contribution in [0.15, 0.2) is 72.0 Å². The Kier molecular flexibility index (Phi) is 7.65. The summed E-state index contributed by atoms with van der Waals surface area (Å²) in [6.07, 6.45) is 0.605. The molecule has 14 heteroatoms. The number of ether oxygens (including phenoxy) is 1. The number of anilines is 2. The number of alkyl halides is 3. The number of halogens is 4.